The van der Waals surface area contributed by atoms with Crippen LogP contribution >= 0.6 is 0 Å². The SMILES string of the molecule is C=C(C)C(O)Cc1c(O)c(CC=C(C)C)c2oc3ccc(O)cc3c(=O)c2c1O. The molecule has 4 N–H and O–H groups in total. The van der Waals surface area contributed by atoms with E-state index in [-0.39, 0.29) is 51.8 Å². The van der Waals surface area contributed by atoms with Crippen molar-refractivity contribution in [1.82, 2.24) is 0 Å². The number of fused-ring (bicyclic) bond motifs is 2. The fourth-order valence-electron chi connectivity index (χ4n) is 3.22. The predicted molar refractivity (Wildman–Crippen MR) is 113 cm³/mol. The molecule has 6 heteroatoms. The van der Waals surface area contributed by atoms with Crippen LogP contribution in [0.5, 0.6) is 17.2 Å². The second-order valence-corrected chi connectivity index (χ2v) is 7.52. The van der Waals surface area contributed by atoms with Gasteiger partial charge in [0.25, 0.3) is 0 Å². The van der Waals surface area contributed by atoms with Crippen molar-refractivity contribution in [1.29, 1.82) is 0 Å². The van der Waals surface area contributed by atoms with Gasteiger partial charge in [0.15, 0.2) is 0 Å². The Labute approximate surface area is 167 Å². The van der Waals surface area contributed by atoms with E-state index in [0.29, 0.717) is 11.1 Å². The van der Waals surface area contributed by atoms with Gasteiger partial charge in [-0.15, -0.1) is 0 Å². The van der Waals surface area contributed by atoms with E-state index in [0.717, 1.165) is 5.57 Å². The van der Waals surface area contributed by atoms with Crippen molar-refractivity contribution in [2.45, 2.75) is 39.7 Å². The van der Waals surface area contributed by atoms with Gasteiger partial charge in [0, 0.05) is 17.5 Å². The third-order valence-corrected chi connectivity index (χ3v) is 4.92. The Hall–Kier alpha value is -3.25. The zero-order chi connectivity index (χ0) is 21.5. The summed E-state index contributed by atoms with van der Waals surface area (Å²) < 4.78 is 5.87. The molecule has 0 bridgehead atoms. The molecule has 3 aromatic rings. The van der Waals surface area contributed by atoms with Crippen LogP contribution in [0.3, 0.4) is 0 Å². The lowest BCUT2D eigenvalue weighted by atomic mass is 9.94. The number of aliphatic hydroxyl groups is 1. The molecule has 0 aliphatic rings. The number of aromatic hydroxyl groups is 3. The Bertz CT molecular complexity index is 1210. The van der Waals surface area contributed by atoms with Crippen LogP contribution in [0.4, 0.5) is 0 Å². The fourth-order valence-corrected chi connectivity index (χ4v) is 3.22. The summed E-state index contributed by atoms with van der Waals surface area (Å²) in [5, 5.41) is 41.7. The molecule has 1 heterocycles. The first kappa shape index (κ1) is 20.5. The Balaban J connectivity index is 2.45. The van der Waals surface area contributed by atoms with E-state index in [9.17, 15) is 25.2 Å². The molecule has 0 radical (unpaired) electrons. The van der Waals surface area contributed by atoms with Gasteiger partial charge in [-0.3, -0.25) is 4.79 Å². The average molecular weight is 396 g/mol. The van der Waals surface area contributed by atoms with Crippen molar-refractivity contribution in [3.63, 3.8) is 0 Å². The molecule has 0 aliphatic carbocycles. The van der Waals surface area contributed by atoms with Gasteiger partial charge in [-0.25, -0.2) is 0 Å². The molecule has 0 fully saturated rings. The van der Waals surface area contributed by atoms with Crippen molar-refractivity contribution in [2.75, 3.05) is 0 Å². The molecule has 0 spiro atoms. The number of benzene rings is 2. The van der Waals surface area contributed by atoms with Crippen LogP contribution in [0.25, 0.3) is 21.9 Å². The molecule has 152 valence electrons. The standard InChI is InChI=1S/C23H24O6/c1-11(2)5-7-14-20(26)16(10-17(25)12(3)4)22(28)19-21(27)15-9-13(24)6-8-18(15)29-23(14)19/h5-6,8-9,17,24-26,28H,3,7,10H2,1-2,4H3. The van der Waals surface area contributed by atoms with Crippen LogP contribution in [0.2, 0.25) is 0 Å². The number of hydrogen-bond donors (Lipinski definition) is 4. The highest BCUT2D eigenvalue weighted by molar-refractivity contribution is 5.97. The predicted octanol–water partition coefficient (Wildman–Crippen LogP) is 4.05. The van der Waals surface area contributed by atoms with Crippen molar-refractivity contribution < 1.29 is 24.8 Å². The maximum absolute atomic E-state index is 13.1. The average Bonchev–Trinajstić information content (AvgIpc) is 2.65. The van der Waals surface area contributed by atoms with Crippen LogP contribution in [-0.2, 0) is 12.8 Å². The molecule has 0 saturated heterocycles. The minimum Gasteiger partial charge on any atom is -0.508 e. The highest BCUT2D eigenvalue weighted by Gasteiger charge is 2.25. The van der Waals surface area contributed by atoms with Crippen molar-refractivity contribution in [3.8, 4) is 17.2 Å². The number of rotatable bonds is 5. The van der Waals surface area contributed by atoms with Gasteiger partial charge in [-0.2, -0.15) is 0 Å². The Kier molecular flexibility index (Phi) is 5.40. The third kappa shape index (κ3) is 3.71. The lowest BCUT2D eigenvalue weighted by Crippen LogP contribution is -2.13. The van der Waals surface area contributed by atoms with E-state index in [1.165, 1.54) is 18.2 Å². The second kappa shape index (κ2) is 7.64. The summed E-state index contributed by atoms with van der Waals surface area (Å²) in [5.74, 6) is -0.781. The molecule has 3 rings (SSSR count). The number of phenolic OH excluding ortho intramolecular Hbond substituents is 3. The van der Waals surface area contributed by atoms with Gasteiger partial charge in [0.05, 0.1) is 11.5 Å². The van der Waals surface area contributed by atoms with Gasteiger partial charge in [-0.1, -0.05) is 23.8 Å². The first-order valence-corrected chi connectivity index (χ1v) is 9.23. The van der Waals surface area contributed by atoms with E-state index in [1.807, 2.05) is 19.9 Å². The van der Waals surface area contributed by atoms with E-state index < -0.39 is 17.3 Å². The van der Waals surface area contributed by atoms with Gasteiger partial charge < -0.3 is 24.8 Å². The Morgan fingerprint density at radius 2 is 1.83 bits per heavy atom. The molecule has 2 aromatic carbocycles. The molecule has 29 heavy (non-hydrogen) atoms. The van der Waals surface area contributed by atoms with E-state index in [4.69, 9.17) is 4.42 Å². The molecular weight excluding hydrogens is 372 g/mol. The summed E-state index contributed by atoms with van der Waals surface area (Å²) in [5.41, 5.74) is 1.64. The highest BCUT2D eigenvalue weighted by atomic mass is 16.3. The van der Waals surface area contributed by atoms with E-state index in [1.54, 1.807) is 6.92 Å². The number of phenols is 3. The minimum absolute atomic E-state index is 0.0527. The molecule has 1 aromatic heterocycles. The molecule has 1 atom stereocenters. The molecule has 1 unspecified atom stereocenters. The van der Waals surface area contributed by atoms with Crippen LogP contribution in [0.1, 0.15) is 31.9 Å². The maximum Gasteiger partial charge on any atom is 0.204 e. The summed E-state index contributed by atoms with van der Waals surface area (Å²) >= 11 is 0. The fraction of sp³-hybridized carbons (Fsp3) is 0.261. The number of allylic oxidation sites excluding steroid dienone is 2. The minimum atomic E-state index is -1.00. The maximum atomic E-state index is 13.1. The Morgan fingerprint density at radius 1 is 1.14 bits per heavy atom. The first-order valence-electron chi connectivity index (χ1n) is 9.23. The van der Waals surface area contributed by atoms with Gasteiger partial charge in [-0.05, 0) is 45.4 Å². The van der Waals surface area contributed by atoms with Crippen LogP contribution in [0.15, 0.2) is 51.2 Å². The van der Waals surface area contributed by atoms with Crippen LogP contribution in [0, 0.1) is 0 Å². The second-order valence-electron chi connectivity index (χ2n) is 7.52. The smallest absolute Gasteiger partial charge is 0.204 e. The lowest BCUT2D eigenvalue weighted by Gasteiger charge is -2.17. The summed E-state index contributed by atoms with van der Waals surface area (Å²) in [6.07, 6.45) is 1.03. The molecule has 0 saturated carbocycles. The van der Waals surface area contributed by atoms with Gasteiger partial charge in [0.2, 0.25) is 5.43 Å². The van der Waals surface area contributed by atoms with Crippen LogP contribution in [-0.4, -0.2) is 26.5 Å². The highest BCUT2D eigenvalue weighted by Crippen LogP contribution is 2.41. The van der Waals surface area contributed by atoms with Crippen molar-refractivity contribution in [2.24, 2.45) is 0 Å². The zero-order valence-corrected chi connectivity index (χ0v) is 16.6. The Morgan fingerprint density at radius 3 is 2.45 bits per heavy atom. The summed E-state index contributed by atoms with van der Waals surface area (Å²) in [6, 6.07) is 4.12. The third-order valence-electron chi connectivity index (χ3n) is 4.92. The summed E-state index contributed by atoms with van der Waals surface area (Å²) in [7, 11) is 0. The van der Waals surface area contributed by atoms with Crippen molar-refractivity contribution >= 4 is 21.9 Å². The monoisotopic (exact) mass is 396 g/mol. The summed E-state index contributed by atoms with van der Waals surface area (Å²) in [6.45, 7) is 9.13. The molecule has 6 nitrogen and oxygen atoms in total. The van der Waals surface area contributed by atoms with E-state index in [2.05, 4.69) is 6.58 Å². The lowest BCUT2D eigenvalue weighted by molar-refractivity contribution is 0.209. The molecular formula is C23H24O6. The number of hydrogen-bond acceptors (Lipinski definition) is 6. The zero-order valence-electron chi connectivity index (χ0n) is 16.6. The van der Waals surface area contributed by atoms with Gasteiger partial charge >= 0.3 is 0 Å². The first-order chi connectivity index (χ1) is 13.6. The topological polar surface area (TPSA) is 111 Å². The molecule has 0 amide bonds. The van der Waals surface area contributed by atoms with Crippen molar-refractivity contribution in [3.05, 3.63) is 63.4 Å². The van der Waals surface area contributed by atoms with Crippen LogP contribution < -0.4 is 5.43 Å². The largest absolute Gasteiger partial charge is 0.508 e. The van der Waals surface area contributed by atoms with E-state index >= 15 is 0 Å². The summed E-state index contributed by atoms with van der Waals surface area (Å²) in [4.78, 5) is 13.1. The van der Waals surface area contributed by atoms with Gasteiger partial charge in [0.1, 0.15) is 33.8 Å². The normalized spacial score (nSPS) is 12.3. The molecule has 0 aliphatic heterocycles. The number of aliphatic hydroxyl groups excluding tert-OH is 1. The quantitative estimate of drug-likeness (QED) is 0.382.